The van der Waals surface area contributed by atoms with Gasteiger partial charge in [0, 0.05) is 45.2 Å². The molecule has 0 atom stereocenters. The quantitative estimate of drug-likeness (QED) is 0.508. The Morgan fingerprint density at radius 1 is 1.10 bits per heavy atom. The molecule has 0 unspecified atom stereocenters. The summed E-state index contributed by atoms with van der Waals surface area (Å²) in [6.45, 7) is 6.26. The molecule has 2 aromatic rings. The fourth-order valence-corrected chi connectivity index (χ4v) is 5.43. The molecule has 2 aliphatic heterocycles. The average molecular weight is 457 g/mol. The number of anilines is 1. The van der Waals surface area contributed by atoms with E-state index >= 15 is 0 Å². The van der Waals surface area contributed by atoms with E-state index in [-0.39, 0.29) is 11.5 Å². The highest BCUT2D eigenvalue weighted by atomic mass is 32.2. The van der Waals surface area contributed by atoms with Crippen LogP contribution in [-0.2, 0) is 11.8 Å². The van der Waals surface area contributed by atoms with Gasteiger partial charge in [-0.3, -0.25) is 14.5 Å². The van der Waals surface area contributed by atoms with Crippen LogP contribution in [0.2, 0.25) is 0 Å². The van der Waals surface area contributed by atoms with Crippen molar-refractivity contribution in [2.75, 3.05) is 44.7 Å². The number of unbranched alkanes of at least 4 members (excludes halogenated alkanes) is 1. The van der Waals surface area contributed by atoms with E-state index in [2.05, 4.69) is 29.8 Å². The second-order valence-electron chi connectivity index (χ2n) is 8.12. The van der Waals surface area contributed by atoms with Gasteiger partial charge in [-0.2, -0.15) is 0 Å². The van der Waals surface area contributed by atoms with Crippen LogP contribution in [0.4, 0.5) is 5.69 Å². The van der Waals surface area contributed by atoms with Gasteiger partial charge in [0.25, 0.3) is 11.5 Å². The van der Waals surface area contributed by atoms with Crippen molar-refractivity contribution in [3.63, 3.8) is 0 Å². The molecule has 2 aliphatic rings. The highest BCUT2D eigenvalue weighted by molar-refractivity contribution is 8.26. The molecule has 1 amide bonds. The molecule has 164 valence electrons. The van der Waals surface area contributed by atoms with E-state index < -0.39 is 0 Å². The Kier molecular flexibility index (Phi) is 6.50. The molecular formula is C23H28N4O2S2. The van der Waals surface area contributed by atoms with Crippen LogP contribution >= 0.6 is 24.0 Å². The molecule has 0 spiro atoms. The Hall–Kier alpha value is -2.16. The predicted octanol–water partition coefficient (Wildman–Crippen LogP) is 3.29. The Balaban J connectivity index is 1.86. The minimum absolute atomic E-state index is 0.0912. The highest BCUT2D eigenvalue weighted by Gasteiger charge is 2.32. The zero-order valence-corrected chi connectivity index (χ0v) is 19.9. The lowest BCUT2D eigenvalue weighted by Crippen LogP contribution is -2.45. The number of nitrogens with zero attached hydrogens (tertiary/aromatic N) is 4. The van der Waals surface area contributed by atoms with E-state index in [9.17, 15) is 9.59 Å². The number of para-hydroxylation sites is 1. The molecular weight excluding hydrogens is 428 g/mol. The molecule has 8 heteroatoms. The number of carbonyl (C=O) groups excluding carboxylic acids is 1. The summed E-state index contributed by atoms with van der Waals surface area (Å²) in [4.78, 5) is 33.3. The van der Waals surface area contributed by atoms with Gasteiger partial charge in [0.15, 0.2) is 0 Å². The van der Waals surface area contributed by atoms with Crippen LogP contribution < -0.4 is 10.5 Å². The number of benzene rings is 1. The number of fused-ring (bicyclic) bond motifs is 1. The van der Waals surface area contributed by atoms with Crippen LogP contribution in [0.1, 0.15) is 25.3 Å². The van der Waals surface area contributed by atoms with E-state index in [1.807, 2.05) is 18.2 Å². The fourth-order valence-electron chi connectivity index (χ4n) is 4.14. The Morgan fingerprint density at radius 3 is 2.52 bits per heavy atom. The number of rotatable bonds is 5. The molecule has 1 aromatic heterocycles. The predicted molar refractivity (Wildman–Crippen MR) is 134 cm³/mol. The first-order valence-electron chi connectivity index (χ1n) is 10.7. The van der Waals surface area contributed by atoms with Gasteiger partial charge in [-0.15, -0.1) is 0 Å². The van der Waals surface area contributed by atoms with Crippen molar-refractivity contribution < 1.29 is 4.79 Å². The molecule has 2 fully saturated rings. The highest BCUT2D eigenvalue weighted by Crippen LogP contribution is 2.36. The lowest BCUT2D eigenvalue weighted by Gasteiger charge is -2.35. The lowest BCUT2D eigenvalue weighted by molar-refractivity contribution is -0.122. The SMILES string of the molecule is CCCCN1C(=O)C(=Cc2c(N3CCN(C)CC3)c3ccccc3n(C)c2=O)SC1=S. The summed E-state index contributed by atoms with van der Waals surface area (Å²) in [6, 6.07) is 7.99. The first-order chi connectivity index (χ1) is 14.9. The number of amides is 1. The van der Waals surface area contributed by atoms with E-state index in [0.29, 0.717) is 21.3 Å². The van der Waals surface area contributed by atoms with Gasteiger partial charge in [-0.05, 0) is 25.6 Å². The van der Waals surface area contributed by atoms with Crippen molar-refractivity contribution >= 4 is 56.9 Å². The largest absolute Gasteiger partial charge is 0.368 e. The van der Waals surface area contributed by atoms with Crippen molar-refractivity contribution in [3.8, 4) is 0 Å². The normalized spacial score (nSPS) is 19.3. The Bertz CT molecular complexity index is 1120. The fraction of sp³-hybridized carbons (Fsp3) is 0.435. The number of piperazine rings is 1. The third kappa shape index (κ3) is 4.16. The summed E-state index contributed by atoms with van der Waals surface area (Å²) in [5.41, 5.74) is 2.30. The second-order valence-corrected chi connectivity index (χ2v) is 9.80. The zero-order valence-electron chi connectivity index (χ0n) is 18.3. The van der Waals surface area contributed by atoms with Crippen LogP contribution in [0.3, 0.4) is 0 Å². The number of hydrogen-bond acceptors (Lipinski definition) is 6. The van der Waals surface area contributed by atoms with Gasteiger partial charge in [0.1, 0.15) is 4.32 Å². The summed E-state index contributed by atoms with van der Waals surface area (Å²) in [6.07, 6.45) is 3.67. The smallest absolute Gasteiger partial charge is 0.266 e. The Morgan fingerprint density at radius 2 is 1.81 bits per heavy atom. The van der Waals surface area contributed by atoms with Crippen molar-refractivity contribution in [3.05, 3.63) is 45.1 Å². The summed E-state index contributed by atoms with van der Waals surface area (Å²) < 4.78 is 2.25. The first-order valence-corrected chi connectivity index (χ1v) is 12.0. The standard InChI is InChI=1S/C23H28N4O2S2/c1-4-5-10-27-22(29)19(31-23(27)30)15-17-20(26-13-11-24(2)12-14-26)16-8-6-7-9-18(16)25(3)21(17)28/h6-9,15H,4-5,10-14H2,1-3H3. The Labute approximate surface area is 192 Å². The van der Waals surface area contributed by atoms with Crippen molar-refractivity contribution in [2.45, 2.75) is 19.8 Å². The van der Waals surface area contributed by atoms with E-state index in [1.165, 1.54) is 11.8 Å². The molecule has 0 aliphatic carbocycles. The van der Waals surface area contributed by atoms with Crippen LogP contribution in [0.15, 0.2) is 34.0 Å². The molecule has 0 bridgehead atoms. The van der Waals surface area contributed by atoms with Gasteiger partial charge >= 0.3 is 0 Å². The third-order valence-electron chi connectivity index (χ3n) is 6.01. The zero-order chi connectivity index (χ0) is 22.1. The first kappa shape index (κ1) is 22.0. The molecule has 0 saturated carbocycles. The van der Waals surface area contributed by atoms with Crippen LogP contribution in [0.5, 0.6) is 0 Å². The van der Waals surface area contributed by atoms with Crippen LogP contribution in [-0.4, -0.2) is 64.4 Å². The van der Waals surface area contributed by atoms with E-state index in [4.69, 9.17) is 12.2 Å². The summed E-state index contributed by atoms with van der Waals surface area (Å²) in [5, 5.41) is 1.03. The molecule has 4 rings (SSSR count). The number of aromatic nitrogens is 1. The van der Waals surface area contributed by atoms with Crippen LogP contribution in [0, 0.1) is 0 Å². The van der Waals surface area contributed by atoms with E-state index in [0.717, 1.165) is 55.6 Å². The third-order valence-corrected chi connectivity index (χ3v) is 7.39. The summed E-state index contributed by atoms with van der Waals surface area (Å²) in [7, 11) is 3.91. The monoisotopic (exact) mass is 456 g/mol. The molecule has 31 heavy (non-hydrogen) atoms. The van der Waals surface area contributed by atoms with Gasteiger partial charge in [0.05, 0.1) is 21.7 Å². The minimum atomic E-state index is -0.0945. The minimum Gasteiger partial charge on any atom is -0.368 e. The topological polar surface area (TPSA) is 48.8 Å². The number of likely N-dealkylation sites (N-methyl/N-ethyl adjacent to an activating group) is 1. The number of hydrogen-bond donors (Lipinski definition) is 0. The number of thiocarbonyl (C=S) groups is 1. The number of pyridine rings is 1. The van der Waals surface area contributed by atoms with Crippen LogP contribution in [0.25, 0.3) is 17.0 Å². The molecule has 1 aromatic carbocycles. The maximum atomic E-state index is 13.5. The number of aryl methyl sites for hydroxylation is 1. The lowest BCUT2D eigenvalue weighted by atomic mass is 10.1. The summed E-state index contributed by atoms with van der Waals surface area (Å²) >= 11 is 6.76. The average Bonchev–Trinajstić information content (AvgIpc) is 3.04. The van der Waals surface area contributed by atoms with E-state index in [1.54, 1.807) is 22.6 Å². The van der Waals surface area contributed by atoms with Gasteiger partial charge < -0.3 is 14.4 Å². The maximum absolute atomic E-state index is 13.5. The van der Waals surface area contributed by atoms with Gasteiger partial charge in [0.2, 0.25) is 0 Å². The molecule has 0 N–H and O–H groups in total. The molecule has 0 radical (unpaired) electrons. The molecule has 2 saturated heterocycles. The summed E-state index contributed by atoms with van der Waals surface area (Å²) in [5.74, 6) is -0.0945. The van der Waals surface area contributed by atoms with Crippen molar-refractivity contribution in [1.82, 2.24) is 14.4 Å². The maximum Gasteiger partial charge on any atom is 0.266 e. The number of thioether (sulfide) groups is 1. The van der Waals surface area contributed by atoms with Gasteiger partial charge in [-0.1, -0.05) is 55.5 Å². The second kappa shape index (κ2) is 9.14. The van der Waals surface area contributed by atoms with Crippen molar-refractivity contribution in [2.24, 2.45) is 7.05 Å². The molecule has 6 nitrogen and oxygen atoms in total. The number of carbonyl (C=O) groups is 1. The molecule has 3 heterocycles. The van der Waals surface area contributed by atoms with Crippen molar-refractivity contribution in [1.29, 1.82) is 0 Å². The van der Waals surface area contributed by atoms with Gasteiger partial charge in [-0.25, -0.2) is 0 Å².